The smallest absolute Gasteiger partial charge is 0.172 e. The SMILES string of the molecule is CC12CC3(C)OC(C)(CC(C)(O1)C3(C)P)O2. The summed E-state index contributed by atoms with van der Waals surface area (Å²) in [5.41, 5.74) is -0.407. The van der Waals surface area contributed by atoms with Crippen LogP contribution >= 0.6 is 9.24 Å². The molecule has 4 heteroatoms. The molecule has 4 bridgehead atoms. The third-order valence-electron chi connectivity index (χ3n) is 4.83. The first kappa shape index (κ1) is 11.4. The van der Waals surface area contributed by atoms with Gasteiger partial charge in [-0.15, -0.1) is 9.24 Å². The summed E-state index contributed by atoms with van der Waals surface area (Å²) < 4.78 is 18.4. The minimum atomic E-state index is -0.495. The van der Waals surface area contributed by atoms with Crippen LogP contribution in [0.15, 0.2) is 0 Å². The van der Waals surface area contributed by atoms with Crippen LogP contribution in [-0.4, -0.2) is 27.9 Å². The van der Waals surface area contributed by atoms with E-state index < -0.39 is 11.6 Å². The molecule has 3 nitrogen and oxygen atoms in total. The van der Waals surface area contributed by atoms with Gasteiger partial charge >= 0.3 is 0 Å². The molecule has 4 saturated heterocycles. The Morgan fingerprint density at radius 2 is 1.12 bits per heavy atom. The first-order valence-corrected chi connectivity index (χ1v) is 6.50. The molecule has 0 spiro atoms. The molecule has 0 aromatic heterocycles. The fourth-order valence-corrected chi connectivity index (χ4v) is 4.35. The molecule has 0 radical (unpaired) electrons. The predicted molar refractivity (Wildman–Crippen MR) is 64.2 cm³/mol. The molecule has 4 aliphatic heterocycles. The second kappa shape index (κ2) is 2.51. The van der Waals surface area contributed by atoms with Gasteiger partial charge in [-0.3, -0.25) is 0 Å². The maximum atomic E-state index is 6.22. The molecular formula is C12H21O3P. The molecular weight excluding hydrogens is 223 g/mol. The molecule has 4 rings (SSSR count). The summed E-state index contributed by atoms with van der Waals surface area (Å²) in [4.78, 5) is 0. The van der Waals surface area contributed by atoms with Gasteiger partial charge in [0, 0.05) is 18.0 Å². The summed E-state index contributed by atoms with van der Waals surface area (Å²) in [6.45, 7) is 10.6. The molecule has 4 heterocycles. The summed E-state index contributed by atoms with van der Waals surface area (Å²) in [5, 5.41) is -0.0806. The Morgan fingerprint density at radius 3 is 1.50 bits per heavy atom. The van der Waals surface area contributed by atoms with Crippen molar-refractivity contribution in [1.82, 2.24) is 0 Å². The van der Waals surface area contributed by atoms with E-state index in [0.29, 0.717) is 0 Å². The summed E-state index contributed by atoms with van der Waals surface area (Å²) >= 11 is 0. The fraction of sp³-hybridized carbons (Fsp3) is 1.00. The van der Waals surface area contributed by atoms with Gasteiger partial charge in [0.25, 0.3) is 0 Å². The van der Waals surface area contributed by atoms with Gasteiger partial charge in [0.05, 0.1) is 11.2 Å². The summed E-state index contributed by atoms with van der Waals surface area (Å²) in [7, 11) is 2.95. The van der Waals surface area contributed by atoms with Gasteiger partial charge in [-0.2, -0.15) is 0 Å². The van der Waals surface area contributed by atoms with Crippen LogP contribution in [0.3, 0.4) is 0 Å². The fourth-order valence-electron chi connectivity index (χ4n) is 4.03. The molecule has 4 fully saturated rings. The van der Waals surface area contributed by atoms with Gasteiger partial charge in [-0.05, 0) is 27.7 Å². The third-order valence-corrected chi connectivity index (χ3v) is 6.05. The van der Waals surface area contributed by atoms with E-state index in [2.05, 4.69) is 30.0 Å². The number of hydrogen-bond acceptors (Lipinski definition) is 3. The van der Waals surface area contributed by atoms with Crippen molar-refractivity contribution >= 4 is 9.24 Å². The molecule has 0 N–H and O–H groups in total. The lowest BCUT2D eigenvalue weighted by atomic mass is 9.64. The van der Waals surface area contributed by atoms with Gasteiger partial charge in [0.15, 0.2) is 11.6 Å². The predicted octanol–water partition coefficient (Wildman–Crippen LogP) is 2.44. The van der Waals surface area contributed by atoms with Gasteiger partial charge in [-0.1, -0.05) is 6.92 Å². The molecule has 0 amide bonds. The Hall–Kier alpha value is 0.310. The van der Waals surface area contributed by atoms with E-state index in [4.69, 9.17) is 14.2 Å². The largest absolute Gasteiger partial charge is 0.343 e. The second-order valence-corrected chi connectivity index (χ2v) is 7.75. The average Bonchev–Trinajstić information content (AvgIpc) is 1.93. The van der Waals surface area contributed by atoms with Crippen LogP contribution < -0.4 is 0 Å². The van der Waals surface area contributed by atoms with Crippen LogP contribution in [0.4, 0.5) is 0 Å². The summed E-state index contributed by atoms with van der Waals surface area (Å²) in [6.07, 6.45) is 1.57. The molecule has 92 valence electrons. The first-order chi connectivity index (χ1) is 7.04. The maximum Gasteiger partial charge on any atom is 0.172 e. The minimum Gasteiger partial charge on any atom is -0.343 e. The molecule has 0 aromatic carbocycles. The topological polar surface area (TPSA) is 27.7 Å². The molecule has 0 saturated carbocycles. The van der Waals surface area contributed by atoms with Crippen LogP contribution in [0.1, 0.15) is 47.5 Å². The monoisotopic (exact) mass is 244 g/mol. The van der Waals surface area contributed by atoms with Gasteiger partial charge in [0.2, 0.25) is 0 Å². The Kier molecular flexibility index (Phi) is 1.79. The van der Waals surface area contributed by atoms with Crippen LogP contribution in [0.2, 0.25) is 0 Å². The van der Waals surface area contributed by atoms with Gasteiger partial charge in [-0.25, -0.2) is 0 Å². The highest BCUT2D eigenvalue weighted by atomic mass is 31.0. The Morgan fingerprint density at radius 1 is 0.750 bits per heavy atom. The van der Waals surface area contributed by atoms with E-state index in [-0.39, 0.29) is 16.4 Å². The summed E-state index contributed by atoms with van der Waals surface area (Å²) in [5.74, 6) is -0.990. The van der Waals surface area contributed by atoms with Crippen molar-refractivity contribution in [3.63, 3.8) is 0 Å². The van der Waals surface area contributed by atoms with Crippen LogP contribution in [0.25, 0.3) is 0 Å². The highest BCUT2D eigenvalue weighted by Gasteiger charge is 2.74. The van der Waals surface area contributed by atoms with Crippen molar-refractivity contribution in [2.24, 2.45) is 0 Å². The molecule has 4 aliphatic rings. The van der Waals surface area contributed by atoms with Crippen LogP contribution in [0, 0.1) is 0 Å². The molecule has 0 aromatic rings. The van der Waals surface area contributed by atoms with E-state index in [9.17, 15) is 0 Å². The van der Waals surface area contributed by atoms with Crippen LogP contribution in [-0.2, 0) is 14.2 Å². The highest BCUT2D eigenvalue weighted by Crippen LogP contribution is 2.66. The zero-order valence-corrected chi connectivity index (χ0v) is 11.9. The van der Waals surface area contributed by atoms with E-state index >= 15 is 0 Å². The van der Waals surface area contributed by atoms with E-state index in [0.717, 1.165) is 12.8 Å². The first-order valence-electron chi connectivity index (χ1n) is 5.93. The minimum absolute atomic E-state index is 0.0806. The Balaban J connectivity index is 2.18. The van der Waals surface area contributed by atoms with Crippen molar-refractivity contribution in [3.8, 4) is 0 Å². The van der Waals surface area contributed by atoms with E-state index in [1.165, 1.54) is 0 Å². The van der Waals surface area contributed by atoms with Crippen molar-refractivity contribution < 1.29 is 14.2 Å². The Bertz CT molecular complexity index is 319. The average molecular weight is 244 g/mol. The Labute approximate surface area is 99.4 Å². The van der Waals surface area contributed by atoms with Crippen molar-refractivity contribution in [2.75, 3.05) is 0 Å². The lowest BCUT2D eigenvalue weighted by molar-refractivity contribution is -0.520. The van der Waals surface area contributed by atoms with E-state index in [1.54, 1.807) is 0 Å². The summed E-state index contributed by atoms with van der Waals surface area (Å²) in [6, 6.07) is 0. The zero-order valence-electron chi connectivity index (χ0n) is 10.7. The molecule has 0 aliphatic carbocycles. The number of ether oxygens (including phenoxy) is 3. The maximum absolute atomic E-state index is 6.22. The van der Waals surface area contributed by atoms with Crippen molar-refractivity contribution in [1.29, 1.82) is 0 Å². The van der Waals surface area contributed by atoms with Crippen molar-refractivity contribution in [3.05, 3.63) is 0 Å². The highest BCUT2D eigenvalue weighted by molar-refractivity contribution is 7.19. The second-order valence-electron chi connectivity index (χ2n) is 6.59. The quantitative estimate of drug-likeness (QED) is 0.612. The zero-order chi connectivity index (χ0) is 12.0. The van der Waals surface area contributed by atoms with Gasteiger partial charge < -0.3 is 14.2 Å². The normalized spacial score (nSPS) is 68.6. The lowest BCUT2D eigenvalue weighted by Crippen LogP contribution is -2.82. The number of hydrogen-bond donors (Lipinski definition) is 0. The number of rotatable bonds is 0. The van der Waals surface area contributed by atoms with Gasteiger partial charge in [0.1, 0.15) is 0 Å². The molecule has 5 unspecified atom stereocenters. The van der Waals surface area contributed by atoms with E-state index in [1.807, 2.05) is 13.8 Å². The van der Waals surface area contributed by atoms with Crippen LogP contribution in [0.5, 0.6) is 0 Å². The third kappa shape index (κ3) is 1.09. The lowest BCUT2D eigenvalue weighted by Gasteiger charge is -2.73. The molecule has 16 heavy (non-hydrogen) atoms. The van der Waals surface area contributed by atoms with Crippen molar-refractivity contribution in [2.45, 2.75) is 75.4 Å². The standard InChI is InChI=1S/C12H21O3P/c1-8-6-10(3)14-9(2,12(8,5)16)7-11(4,13-8)15-10/h6-7,16H2,1-5H3. The molecule has 5 atom stereocenters.